The van der Waals surface area contributed by atoms with Crippen LogP contribution in [0.25, 0.3) is 16.6 Å². The highest BCUT2D eigenvalue weighted by Crippen LogP contribution is 2.20. The summed E-state index contributed by atoms with van der Waals surface area (Å²) in [7, 11) is 0. The molecule has 1 radical (unpaired) electrons. The van der Waals surface area contributed by atoms with Crippen LogP contribution < -0.4 is 5.73 Å². The van der Waals surface area contributed by atoms with E-state index in [1.165, 1.54) is 0 Å². The summed E-state index contributed by atoms with van der Waals surface area (Å²) in [5.74, 6) is -0.415. The van der Waals surface area contributed by atoms with Gasteiger partial charge in [-0.05, 0) is 42.5 Å². The minimum Gasteiger partial charge on any atom is -0.366 e. The van der Waals surface area contributed by atoms with Crippen LogP contribution in [-0.2, 0) is 0 Å². The SMILES string of the molecule is NC(=O)c1cccc(-n2ccc3c[c]ccc32)c1. The van der Waals surface area contributed by atoms with Crippen LogP contribution in [0.2, 0.25) is 0 Å². The minimum atomic E-state index is -0.415. The predicted molar refractivity (Wildman–Crippen MR) is 70.6 cm³/mol. The Bertz CT molecular complexity index is 728. The molecule has 3 rings (SSSR count). The highest BCUT2D eigenvalue weighted by atomic mass is 16.1. The van der Waals surface area contributed by atoms with Gasteiger partial charge in [0.2, 0.25) is 5.91 Å². The lowest BCUT2D eigenvalue weighted by Gasteiger charge is -2.06. The lowest BCUT2D eigenvalue weighted by atomic mass is 10.2. The molecule has 0 spiro atoms. The normalized spacial score (nSPS) is 10.7. The summed E-state index contributed by atoms with van der Waals surface area (Å²) in [4.78, 5) is 11.2. The van der Waals surface area contributed by atoms with Crippen LogP contribution in [0.4, 0.5) is 0 Å². The molecule has 0 aliphatic heterocycles. The fourth-order valence-corrected chi connectivity index (χ4v) is 2.06. The van der Waals surface area contributed by atoms with Gasteiger partial charge in [0, 0.05) is 22.8 Å². The van der Waals surface area contributed by atoms with Gasteiger partial charge in [0.15, 0.2) is 0 Å². The Hall–Kier alpha value is -2.55. The number of hydrogen-bond donors (Lipinski definition) is 1. The Balaban J connectivity index is 2.20. The van der Waals surface area contributed by atoms with E-state index in [-0.39, 0.29) is 0 Å². The first-order valence-corrected chi connectivity index (χ1v) is 5.63. The summed E-state index contributed by atoms with van der Waals surface area (Å²) in [6.07, 6.45) is 1.97. The summed E-state index contributed by atoms with van der Waals surface area (Å²) in [6, 6.07) is 18.1. The minimum absolute atomic E-state index is 0.415. The fourth-order valence-electron chi connectivity index (χ4n) is 2.06. The van der Waals surface area contributed by atoms with E-state index in [4.69, 9.17) is 5.73 Å². The second-order valence-electron chi connectivity index (χ2n) is 4.09. The van der Waals surface area contributed by atoms with Crippen molar-refractivity contribution >= 4 is 16.8 Å². The number of nitrogens with zero attached hydrogens (tertiary/aromatic N) is 1. The first-order valence-electron chi connectivity index (χ1n) is 5.63. The van der Waals surface area contributed by atoms with Crippen LogP contribution in [-0.4, -0.2) is 10.5 Å². The van der Waals surface area contributed by atoms with Crippen LogP contribution in [0.1, 0.15) is 10.4 Å². The second kappa shape index (κ2) is 4.04. The average molecular weight is 235 g/mol. The maximum absolute atomic E-state index is 11.2. The molecule has 0 bridgehead atoms. The number of carbonyl (C=O) groups excluding carboxylic acids is 1. The molecular formula is C15H11N2O. The van der Waals surface area contributed by atoms with E-state index in [1.54, 1.807) is 12.1 Å². The summed E-state index contributed by atoms with van der Waals surface area (Å²) in [5.41, 5.74) is 7.81. The Labute approximate surface area is 104 Å². The van der Waals surface area contributed by atoms with Crippen LogP contribution >= 0.6 is 0 Å². The molecule has 0 aliphatic rings. The zero-order chi connectivity index (χ0) is 12.5. The number of nitrogens with two attached hydrogens (primary N) is 1. The summed E-state index contributed by atoms with van der Waals surface area (Å²) >= 11 is 0. The topological polar surface area (TPSA) is 48.0 Å². The van der Waals surface area contributed by atoms with E-state index in [9.17, 15) is 4.79 Å². The van der Waals surface area contributed by atoms with E-state index >= 15 is 0 Å². The van der Waals surface area contributed by atoms with E-state index in [0.717, 1.165) is 16.6 Å². The van der Waals surface area contributed by atoms with Crippen molar-refractivity contribution in [3.05, 3.63) is 66.4 Å². The number of aromatic nitrogens is 1. The third-order valence-electron chi connectivity index (χ3n) is 2.94. The lowest BCUT2D eigenvalue weighted by molar-refractivity contribution is 0.100. The smallest absolute Gasteiger partial charge is 0.248 e. The van der Waals surface area contributed by atoms with Gasteiger partial charge in [0.1, 0.15) is 0 Å². The van der Waals surface area contributed by atoms with Gasteiger partial charge in [-0.1, -0.05) is 12.1 Å². The molecule has 0 saturated carbocycles. The monoisotopic (exact) mass is 235 g/mol. The number of hydrogen-bond acceptors (Lipinski definition) is 1. The lowest BCUT2D eigenvalue weighted by Crippen LogP contribution is -2.11. The zero-order valence-electron chi connectivity index (χ0n) is 9.63. The Kier molecular flexibility index (Phi) is 2.38. The van der Waals surface area contributed by atoms with E-state index in [2.05, 4.69) is 6.07 Å². The standard InChI is InChI=1S/C15H11N2O/c16-15(18)12-5-3-6-13(10-12)17-9-8-11-4-1-2-7-14(11)17/h2-10H,(H2,16,18). The van der Waals surface area contributed by atoms with Crippen LogP contribution in [0.15, 0.2) is 54.7 Å². The number of benzene rings is 2. The molecule has 3 aromatic rings. The van der Waals surface area contributed by atoms with E-state index in [0.29, 0.717) is 5.56 Å². The van der Waals surface area contributed by atoms with Crippen molar-refractivity contribution in [3.8, 4) is 5.69 Å². The third-order valence-corrected chi connectivity index (χ3v) is 2.94. The molecule has 0 saturated heterocycles. The molecule has 87 valence electrons. The van der Waals surface area contributed by atoms with Gasteiger partial charge in [-0.15, -0.1) is 0 Å². The largest absolute Gasteiger partial charge is 0.366 e. The third kappa shape index (κ3) is 1.66. The molecule has 2 aromatic carbocycles. The second-order valence-corrected chi connectivity index (χ2v) is 4.09. The van der Waals surface area contributed by atoms with Crippen LogP contribution in [0, 0.1) is 6.07 Å². The van der Waals surface area contributed by atoms with Crippen molar-refractivity contribution in [1.82, 2.24) is 4.57 Å². The first kappa shape index (κ1) is 10.6. The maximum atomic E-state index is 11.2. The fraction of sp³-hybridized carbons (Fsp3) is 0. The molecule has 1 amide bonds. The quantitative estimate of drug-likeness (QED) is 0.729. The molecule has 1 heterocycles. The maximum Gasteiger partial charge on any atom is 0.248 e. The molecule has 3 nitrogen and oxygen atoms in total. The van der Waals surface area contributed by atoms with Crippen molar-refractivity contribution in [3.63, 3.8) is 0 Å². The van der Waals surface area contributed by atoms with Crippen molar-refractivity contribution in [2.24, 2.45) is 5.73 Å². The van der Waals surface area contributed by atoms with E-state index in [1.807, 2.05) is 47.2 Å². The zero-order valence-corrected chi connectivity index (χ0v) is 9.63. The highest BCUT2D eigenvalue weighted by Gasteiger charge is 2.05. The summed E-state index contributed by atoms with van der Waals surface area (Å²) in [6.45, 7) is 0. The molecule has 0 unspecified atom stereocenters. The predicted octanol–water partition coefficient (Wildman–Crippen LogP) is 2.53. The van der Waals surface area contributed by atoms with Crippen LogP contribution in [0.5, 0.6) is 0 Å². The highest BCUT2D eigenvalue weighted by molar-refractivity contribution is 5.93. The molecule has 18 heavy (non-hydrogen) atoms. The van der Waals surface area contributed by atoms with E-state index < -0.39 is 5.91 Å². The van der Waals surface area contributed by atoms with Crippen molar-refractivity contribution in [2.75, 3.05) is 0 Å². The first-order chi connectivity index (χ1) is 8.75. The number of rotatable bonds is 2. The van der Waals surface area contributed by atoms with Gasteiger partial charge >= 0.3 is 0 Å². The number of amides is 1. The summed E-state index contributed by atoms with van der Waals surface area (Å²) in [5, 5.41) is 1.11. The van der Waals surface area contributed by atoms with Gasteiger partial charge in [0.05, 0.1) is 5.52 Å². The van der Waals surface area contributed by atoms with Crippen molar-refractivity contribution in [2.45, 2.75) is 0 Å². The van der Waals surface area contributed by atoms with Gasteiger partial charge in [-0.3, -0.25) is 4.79 Å². The number of fused-ring (bicyclic) bond motifs is 1. The van der Waals surface area contributed by atoms with Gasteiger partial charge in [-0.2, -0.15) is 0 Å². The molecule has 0 aliphatic carbocycles. The molecule has 3 heteroatoms. The van der Waals surface area contributed by atoms with Crippen LogP contribution in [0.3, 0.4) is 0 Å². The van der Waals surface area contributed by atoms with Gasteiger partial charge in [-0.25, -0.2) is 0 Å². The number of carbonyl (C=O) groups is 1. The van der Waals surface area contributed by atoms with Crippen molar-refractivity contribution < 1.29 is 4.79 Å². The molecule has 2 N–H and O–H groups in total. The Morgan fingerprint density at radius 2 is 2.11 bits per heavy atom. The molecule has 0 fully saturated rings. The number of primary amides is 1. The average Bonchev–Trinajstić information content (AvgIpc) is 2.82. The summed E-state index contributed by atoms with van der Waals surface area (Å²) < 4.78 is 2.02. The van der Waals surface area contributed by atoms with Gasteiger partial charge in [0.25, 0.3) is 0 Å². The Morgan fingerprint density at radius 3 is 2.94 bits per heavy atom. The molecule has 1 aromatic heterocycles. The molecule has 0 atom stereocenters. The van der Waals surface area contributed by atoms with Gasteiger partial charge < -0.3 is 10.3 Å². The molecular weight excluding hydrogens is 224 g/mol. The Morgan fingerprint density at radius 1 is 1.22 bits per heavy atom. The van der Waals surface area contributed by atoms with Crippen molar-refractivity contribution in [1.29, 1.82) is 0 Å².